The summed E-state index contributed by atoms with van der Waals surface area (Å²) in [4.78, 5) is 0. The number of fused-ring (bicyclic) bond motifs is 2. The van der Waals surface area contributed by atoms with E-state index in [1.807, 2.05) is 0 Å². The van der Waals surface area contributed by atoms with Crippen LogP contribution in [-0.4, -0.2) is 0 Å². The van der Waals surface area contributed by atoms with Crippen molar-refractivity contribution < 1.29 is 5.94 Å². The summed E-state index contributed by atoms with van der Waals surface area (Å²) in [7, 11) is 2.11. The topological polar surface area (TPSA) is 3.88 Å². The molecule has 4 rings (SSSR count). The molecule has 1 heteroatoms. The van der Waals surface area contributed by atoms with Crippen LogP contribution < -0.4 is 4.57 Å². The molecule has 0 aliphatic rings. The van der Waals surface area contributed by atoms with E-state index in [1.54, 1.807) is 0 Å². The second-order valence-electron chi connectivity index (χ2n) is 9.93. The highest BCUT2D eigenvalue weighted by molar-refractivity contribution is 6.00. The summed E-state index contributed by atoms with van der Waals surface area (Å²) in [5.74, 6) is 0.371. The number of rotatable bonds is 2. The van der Waals surface area contributed by atoms with Crippen LogP contribution in [0.15, 0.2) is 54.6 Å². The second-order valence-corrected chi connectivity index (χ2v) is 9.93. The first kappa shape index (κ1) is 19.3. The lowest BCUT2D eigenvalue weighted by atomic mass is 9.80. The van der Waals surface area contributed by atoms with E-state index >= 15 is 0 Å². The maximum Gasteiger partial charge on any atom is 0.220 e. The van der Waals surface area contributed by atoms with Crippen molar-refractivity contribution in [2.24, 2.45) is 7.05 Å². The Kier molecular flexibility index (Phi) is 4.65. The Morgan fingerprint density at radius 2 is 1.50 bits per heavy atom. The summed E-state index contributed by atoms with van der Waals surface area (Å²) in [6.07, 6.45) is 0. The Morgan fingerprint density at radius 3 is 2.13 bits per heavy atom. The van der Waals surface area contributed by atoms with Crippen LogP contribution in [0.3, 0.4) is 0 Å². The van der Waals surface area contributed by atoms with E-state index in [0.717, 1.165) is 11.1 Å². The molecular weight excluding hydrogens is 362 g/mol. The predicted octanol–water partition coefficient (Wildman–Crippen LogP) is 7.52. The van der Waals surface area contributed by atoms with E-state index in [4.69, 9.17) is 1.37 Å². The fourth-order valence-electron chi connectivity index (χ4n) is 4.71. The Balaban J connectivity index is 2.24. The third-order valence-electron chi connectivity index (χ3n) is 6.50. The minimum absolute atomic E-state index is 0.0317. The molecule has 1 nitrogen and oxygen atoms in total. The van der Waals surface area contributed by atoms with Crippen molar-refractivity contribution in [1.82, 2.24) is 0 Å². The zero-order valence-electron chi connectivity index (χ0n) is 20.6. The Hall–Kier alpha value is -2.67. The molecular formula is C29H34N+. The molecule has 0 radical (unpaired) electrons. The van der Waals surface area contributed by atoms with Crippen LogP contribution in [0.1, 0.15) is 64.3 Å². The van der Waals surface area contributed by atoms with Crippen LogP contribution in [0.5, 0.6) is 0 Å². The van der Waals surface area contributed by atoms with E-state index in [1.165, 1.54) is 44.1 Å². The quantitative estimate of drug-likeness (QED) is 0.308. The summed E-state index contributed by atoms with van der Waals surface area (Å²) in [5.41, 5.74) is 7.42. The highest BCUT2D eigenvalue weighted by Gasteiger charge is 2.26. The summed E-state index contributed by atoms with van der Waals surface area (Å²) in [6, 6.07) is 18.3. The van der Waals surface area contributed by atoms with Gasteiger partial charge in [-0.2, -0.15) is 4.57 Å². The smallest absolute Gasteiger partial charge is 0.198 e. The summed E-state index contributed by atoms with van der Waals surface area (Å²) in [6.45, 7) is 15.6. The third-order valence-corrected chi connectivity index (χ3v) is 6.50. The minimum Gasteiger partial charge on any atom is -0.198 e. The third kappa shape index (κ3) is 3.21. The SMILES string of the molecule is [2H]c1c(C)[n+](C)c(-c2cc(C(C)(C)C)c3ccccc3c2C)c2cccc(C(C)C)c12. The molecule has 1 aromatic heterocycles. The van der Waals surface area contributed by atoms with Gasteiger partial charge in [-0.3, -0.25) is 0 Å². The molecule has 0 aliphatic carbocycles. The van der Waals surface area contributed by atoms with Gasteiger partial charge >= 0.3 is 0 Å². The van der Waals surface area contributed by atoms with E-state index < -0.39 is 0 Å². The number of hydrogen-bond donors (Lipinski definition) is 0. The molecule has 0 bridgehead atoms. The Bertz CT molecular complexity index is 1320. The fraction of sp³-hybridized carbons (Fsp3) is 0.345. The maximum atomic E-state index is 8.93. The lowest BCUT2D eigenvalue weighted by Gasteiger charge is -2.24. The minimum atomic E-state index is 0.0317. The molecule has 154 valence electrons. The van der Waals surface area contributed by atoms with Crippen LogP contribution in [0.25, 0.3) is 32.8 Å². The Labute approximate surface area is 182 Å². The number of nitrogens with zero attached hydrogens (tertiary/aromatic N) is 1. The van der Waals surface area contributed by atoms with Gasteiger partial charge in [-0.1, -0.05) is 71.0 Å². The van der Waals surface area contributed by atoms with Crippen molar-refractivity contribution in [2.75, 3.05) is 0 Å². The van der Waals surface area contributed by atoms with E-state index in [2.05, 4.69) is 109 Å². The zero-order chi connectivity index (χ0) is 22.7. The van der Waals surface area contributed by atoms with Crippen LogP contribution in [-0.2, 0) is 12.5 Å². The van der Waals surface area contributed by atoms with Gasteiger partial charge in [0.1, 0.15) is 7.05 Å². The van der Waals surface area contributed by atoms with Gasteiger partial charge in [0.15, 0.2) is 5.69 Å². The van der Waals surface area contributed by atoms with Gasteiger partial charge in [0.25, 0.3) is 0 Å². The normalized spacial score (nSPS) is 12.8. The van der Waals surface area contributed by atoms with Crippen molar-refractivity contribution in [3.05, 3.63) is 77.0 Å². The Morgan fingerprint density at radius 1 is 0.867 bits per heavy atom. The first-order chi connectivity index (χ1) is 14.5. The highest BCUT2D eigenvalue weighted by Crippen LogP contribution is 2.39. The largest absolute Gasteiger partial charge is 0.220 e. The van der Waals surface area contributed by atoms with Gasteiger partial charge in [0.2, 0.25) is 5.69 Å². The number of hydrogen-bond acceptors (Lipinski definition) is 0. The first-order valence-electron chi connectivity index (χ1n) is 11.5. The molecule has 1 heterocycles. The van der Waals surface area contributed by atoms with Gasteiger partial charge < -0.3 is 0 Å². The molecule has 0 fully saturated rings. The molecule has 0 saturated heterocycles. The van der Waals surface area contributed by atoms with E-state index in [0.29, 0.717) is 12.0 Å². The van der Waals surface area contributed by atoms with Crippen LogP contribution in [0.2, 0.25) is 0 Å². The summed E-state index contributed by atoms with van der Waals surface area (Å²) in [5, 5.41) is 4.90. The lowest BCUT2D eigenvalue weighted by molar-refractivity contribution is -0.665. The number of pyridine rings is 1. The van der Waals surface area contributed by atoms with Crippen LogP contribution >= 0.6 is 0 Å². The van der Waals surface area contributed by atoms with Gasteiger partial charge in [-0.15, -0.1) is 0 Å². The highest BCUT2D eigenvalue weighted by atomic mass is 14.9. The van der Waals surface area contributed by atoms with E-state index in [-0.39, 0.29) is 5.41 Å². The van der Waals surface area contributed by atoms with Crippen LogP contribution in [0.4, 0.5) is 0 Å². The molecule has 0 aliphatic heterocycles. The number of aromatic nitrogens is 1. The first-order valence-corrected chi connectivity index (χ1v) is 11.0. The lowest BCUT2D eigenvalue weighted by Crippen LogP contribution is -2.35. The summed E-state index contributed by atoms with van der Waals surface area (Å²) < 4.78 is 11.1. The van der Waals surface area contributed by atoms with Gasteiger partial charge in [-0.25, -0.2) is 0 Å². The average Bonchev–Trinajstić information content (AvgIpc) is 2.72. The van der Waals surface area contributed by atoms with Crippen molar-refractivity contribution in [1.29, 1.82) is 0 Å². The predicted molar refractivity (Wildman–Crippen MR) is 130 cm³/mol. The molecule has 30 heavy (non-hydrogen) atoms. The molecule has 0 atom stereocenters. The molecule has 0 unspecified atom stereocenters. The van der Waals surface area contributed by atoms with Crippen molar-refractivity contribution >= 4 is 21.5 Å². The maximum absolute atomic E-state index is 8.93. The van der Waals surface area contributed by atoms with E-state index in [9.17, 15) is 0 Å². The van der Waals surface area contributed by atoms with Crippen molar-refractivity contribution in [2.45, 2.75) is 59.8 Å². The molecule has 0 amide bonds. The molecule has 3 aromatic carbocycles. The zero-order valence-corrected chi connectivity index (χ0v) is 19.6. The summed E-state index contributed by atoms with van der Waals surface area (Å²) >= 11 is 0. The van der Waals surface area contributed by atoms with Crippen LogP contribution in [0, 0.1) is 13.8 Å². The molecule has 0 saturated carbocycles. The fourth-order valence-corrected chi connectivity index (χ4v) is 4.71. The van der Waals surface area contributed by atoms with Gasteiger partial charge in [0.05, 0.1) is 12.3 Å². The van der Waals surface area contributed by atoms with Gasteiger partial charge in [0, 0.05) is 13.0 Å². The van der Waals surface area contributed by atoms with Crippen molar-refractivity contribution in [3.8, 4) is 11.3 Å². The standard InChI is InChI=1S/C29H34N/c1-18(2)21-14-11-15-24-26(21)16-19(3)30(8)28(24)25-17-27(29(5,6)7)23-13-10-9-12-22(23)20(25)4/h9-18H,1-8H3/q+1/i16D. The average molecular weight is 398 g/mol. The molecule has 0 N–H and O–H groups in total. The monoisotopic (exact) mass is 397 g/mol. The number of benzene rings is 3. The second kappa shape index (κ2) is 7.23. The number of aryl methyl sites for hydroxylation is 1. The van der Waals surface area contributed by atoms with Gasteiger partial charge in [-0.05, 0) is 63.2 Å². The molecule has 0 spiro atoms. The van der Waals surface area contributed by atoms with Crippen molar-refractivity contribution in [3.63, 3.8) is 0 Å². The molecule has 4 aromatic rings.